The average Bonchev–Trinajstić information content (AvgIpc) is 2.18. The minimum absolute atomic E-state index is 0.0392. The van der Waals surface area contributed by atoms with Gasteiger partial charge in [0.05, 0.1) is 0 Å². The maximum Gasteiger partial charge on any atom is 0.149 e. The van der Waals surface area contributed by atoms with Gasteiger partial charge in [-0.25, -0.2) is 0 Å². The van der Waals surface area contributed by atoms with Crippen LogP contribution in [0.5, 0.6) is 5.75 Å². The summed E-state index contributed by atoms with van der Waals surface area (Å²) in [5.41, 5.74) is 6.83. The first-order chi connectivity index (χ1) is 7.15. The van der Waals surface area contributed by atoms with Crippen LogP contribution in [0, 0.1) is 11.8 Å². The van der Waals surface area contributed by atoms with Gasteiger partial charge in [-0.2, -0.15) is 0 Å². The highest BCUT2D eigenvalue weighted by molar-refractivity contribution is 9.10. The number of hydrogen-bond donors (Lipinski definition) is 1. The molecule has 1 aromatic rings. The lowest BCUT2D eigenvalue weighted by atomic mass is 10.1. The largest absolute Gasteiger partial charge is 0.481 e. The molecule has 80 valence electrons. The maximum atomic E-state index is 5.84. The van der Waals surface area contributed by atoms with Crippen molar-refractivity contribution in [2.75, 3.05) is 6.61 Å². The van der Waals surface area contributed by atoms with E-state index < -0.39 is 0 Å². The fraction of sp³-hybridized carbons (Fsp3) is 0.333. The molecule has 0 saturated heterocycles. The molecule has 1 aromatic carbocycles. The summed E-state index contributed by atoms with van der Waals surface area (Å²) in [5.74, 6) is 6.43. The van der Waals surface area contributed by atoms with Crippen LogP contribution >= 0.6 is 15.9 Å². The number of rotatable bonds is 3. The van der Waals surface area contributed by atoms with Gasteiger partial charge >= 0.3 is 0 Å². The molecule has 0 radical (unpaired) electrons. The van der Waals surface area contributed by atoms with Crippen LogP contribution in [0.15, 0.2) is 22.7 Å². The second-order valence-corrected chi connectivity index (χ2v) is 4.10. The second-order valence-electron chi connectivity index (χ2n) is 3.19. The molecule has 0 fully saturated rings. The zero-order valence-corrected chi connectivity index (χ0v) is 10.5. The zero-order valence-electron chi connectivity index (χ0n) is 8.88. The fourth-order valence-corrected chi connectivity index (χ4v) is 1.54. The summed E-state index contributed by atoms with van der Waals surface area (Å²) in [6, 6.07) is 5.79. The molecule has 0 spiro atoms. The van der Waals surface area contributed by atoms with Crippen LogP contribution in [0.4, 0.5) is 0 Å². The smallest absolute Gasteiger partial charge is 0.149 e. The number of nitrogens with two attached hydrogens (primary N) is 1. The summed E-state index contributed by atoms with van der Waals surface area (Å²) >= 11 is 3.40. The normalized spacial score (nSPS) is 11.5. The second kappa shape index (κ2) is 5.79. The quantitative estimate of drug-likeness (QED) is 0.855. The molecule has 2 N–H and O–H groups in total. The van der Waals surface area contributed by atoms with E-state index in [1.54, 1.807) is 6.92 Å². The Morgan fingerprint density at radius 1 is 1.53 bits per heavy atom. The van der Waals surface area contributed by atoms with Crippen molar-refractivity contribution < 1.29 is 4.74 Å². The summed E-state index contributed by atoms with van der Waals surface area (Å²) in [6.07, 6.45) is 0. The Bertz CT molecular complexity index is 390. The third kappa shape index (κ3) is 3.58. The van der Waals surface area contributed by atoms with Gasteiger partial charge in [0.1, 0.15) is 12.4 Å². The number of halogens is 1. The molecule has 0 aliphatic carbocycles. The topological polar surface area (TPSA) is 35.2 Å². The van der Waals surface area contributed by atoms with Crippen LogP contribution in [0.2, 0.25) is 0 Å². The number of ether oxygens (including phenoxy) is 1. The van der Waals surface area contributed by atoms with E-state index in [0.29, 0.717) is 6.61 Å². The van der Waals surface area contributed by atoms with Gasteiger partial charge < -0.3 is 10.5 Å². The van der Waals surface area contributed by atoms with Crippen molar-refractivity contribution in [3.05, 3.63) is 28.2 Å². The fourth-order valence-electron chi connectivity index (χ4n) is 1.20. The van der Waals surface area contributed by atoms with E-state index in [4.69, 9.17) is 10.5 Å². The lowest BCUT2D eigenvalue weighted by Gasteiger charge is -2.12. The molecule has 0 saturated carbocycles. The van der Waals surface area contributed by atoms with Gasteiger partial charge in [0.15, 0.2) is 0 Å². The Morgan fingerprint density at radius 2 is 2.27 bits per heavy atom. The van der Waals surface area contributed by atoms with Crippen LogP contribution in [0.3, 0.4) is 0 Å². The zero-order chi connectivity index (χ0) is 11.3. The lowest BCUT2D eigenvalue weighted by molar-refractivity contribution is 0.363. The minimum atomic E-state index is -0.0392. The Morgan fingerprint density at radius 3 is 2.87 bits per heavy atom. The maximum absolute atomic E-state index is 5.84. The lowest BCUT2D eigenvalue weighted by Crippen LogP contribution is -2.08. The summed E-state index contributed by atoms with van der Waals surface area (Å²) in [5, 5.41) is 0. The molecule has 0 bridgehead atoms. The molecule has 0 aliphatic rings. The predicted octanol–water partition coefficient (Wildman–Crippen LogP) is 2.87. The van der Waals surface area contributed by atoms with Crippen LogP contribution in [0.25, 0.3) is 0 Å². The first-order valence-corrected chi connectivity index (χ1v) is 5.52. The molecular weight excluding hydrogens is 254 g/mol. The number of benzene rings is 1. The van der Waals surface area contributed by atoms with E-state index in [1.807, 2.05) is 25.1 Å². The summed E-state index contributed by atoms with van der Waals surface area (Å²) in [4.78, 5) is 0. The minimum Gasteiger partial charge on any atom is -0.481 e. The van der Waals surface area contributed by atoms with Crippen molar-refractivity contribution in [2.45, 2.75) is 19.9 Å². The Balaban J connectivity index is 2.90. The highest BCUT2D eigenvalue weighted by Crippen LogP contribution is 2.27. The molecule has 0 heterocycles. The van der Waals surface area contributed by atoms with E-state index in [9.17, 15) is 0 Å². The molecule has 0 aliphatic heterocycles. The van der Waals surface area contributed by atoms with Gasteiger partial charge in [-0.3, -0.25) is 0 Å². The van der Waals surface area contributed by atoms with Gasteiger partial charge in [0, 0.05) is 16.1 Å². The first-order valence-electron chi connectivity index (χ1n) is 4.72. The SMILES string of the molecule is CC#CCOc1cc(Br)ccc1C(C)N. The van der Waals surface area contributed by atoms with E-state index >= 15 is 0 Å². The third-order valence-corrected chi connectivity index (χ3v) is 2.44. The molecule has 1 rings (SSSR count). The summed E-state index contributed by atoms with van der Waals surface area (Å²) in [7, 11) is 0. The van der Waals surface area contributed by atoms with Crippen molar-refractivity contribution in [1.82, 2.24) is 0 Å². The Labute approximate surface area is 98.9 Å². The van der Waals surface area contributed by atoms with Crippen molar-refractivity contribution >= 4 is 15.9 Å². The Hall–Kier alpha value is -0.980. The standard InChI is InChI=1S/C12H14BrNO/c1-3-4-7-15-12-8-10(13)5-6-11(12)9(2)14/h5-6,8-9H,7,14H2,1-2H3. The predicted molar refractivity (Wildman–Crippen MR) is 65.7 cm³/mol. The van der Waals surface area contributed by atoms with E-state index in [0.717, 1.165) is 15.8 Å². The Kier molecular flexibility index (Phi) is 4.67. The summed E-state index contributed by atoms with van der Waals surface area (Å²) < 4.78 is 6.51. The van der Waals surface area contributed by atoms with E-state index in [1.165, 1.54) is 0 Å². The molecule has 2 nitrogen and oxygen atoms in total. The van der Waals surface area contributed by atoms with Crippen LogP contribution in [-0.4, -0.2) is 6.61 Å². The highest BCUT2D eigenvalue weighted by Gasteiger charge is 2.07. The summed E-state index contributed by atoms with van der Waals surface area (Å²) in [6.45, 7) is 4.12. The van der Waals surface area contributed by atoms with Crippen molar-refractivity contribution in [3.63, 3.8) is 0 Å². The highest BCUT2D eigenvalue weighted by atomic mass is 79.9. The third-order valence-electron chi connectivity index (χ3n) is 1.94. The molecule has 3 heteroatoms. The van der Waals surface area contributed by atoms with Gasteiger partial charge in [-0.15, -0.1) is 5.92 Å². The van der Waals surface area contributed by atoms with E-state index in [-0.39, 0.29) is 6.04 Å². The van der Waals surface area contributed by atoms with Crippen LogP contribution < -0.4 is 10.5 Å². The van der Waals surface area contributed by atoms with Gasteiger partial charge in [0.2, 0.25) is 0 Å². The molecule has 0 amide bonds. The van der Waals surface area contributed by atoms with Crippen LogP contribution in [0.1, 0.15) is 25.5 Å². The molecular formula is C12H14BrNO. The van der Waals surface area contributed by atoms with Gasteiger partial charge in [-0.1, -0.05) is 27.9 Å². The monoisotopic (exact) mass is 267 g/mol. The van der Waals surface area contributed by atoms with E-state index in [2.05, 4.69) is 27.8 Å². The first kappa shape index (κ1) is 12.1. The van der Waals surface area contributed by atoms with Gasteiger partial charge in [0.25, 0.3) is 0 Å². The average molecular weight is 268 g/mol. The molecule has 15 heavy (non-hydrogen) atoms. The van der Waals surface area contributed by atoms with Gasteiger partial charge in [-0.05, 0) is 26.0 Å². The van der Waals surface area contributed by atoms with Crippen LogP contribution in [-0.2, 0) is 0 Å². The van der Waals surface area contributed by atoms with Crippen molar-refractivity contribution in [3.8, 4) is 17.6 Å². The molecule has 0 aromatic heterocycles. The van der Waals surface area contributed by atoms with Crippen molar-refractivity contribution in [2.24, 2.45) is 5.73 Å². The molecule has 1 unspecified atom stereocenters. The molecule has 1 atom stereocenters. The number of hydrogen-bond acceptors (Lipinski definition) is 2. The van der Waals surface area contributed by atoms with Crippen molar-refractivity contribution in [1.29, 1.82) is 0 Å².